The number of nitrogens with one attached hydrogen (secondary N) is 2. The number of hydrogen-bond donors (Lipinski definition) is 3. The summed E-state index contributed by atoms with van der Waals surface area (Å²) in [5.41, 5.74) is 8.84. The quantitative estimate of drug-likeness (QED) is 0.399. The number of benzene rings is 2. The van der Waals surface area contributed by atoms with E-state index in [1.165, 1.54) is 17.4 Å². The van der Waals surface area contributed by atoms with Gasteiger partial charge in [0.25, 0.3) is 5.91 Å². The number of carbonyl (C=O) groups is 2. The van der Waals surface area contributed by atoms with Crippen molar-refractivity contribution < 1.29 is 9.59 Å². The van der Waals surface area contributed by atoms with Crippen molar-refractivity contribution in [3.8, 4) is 0 Å². The molecule has 0 aliphatic carbocycles. The molecule has 0 aliphatic heterocycles. The summed E-state index contributed by atoms with van der Waals surface area (Å²) < 4.78 is 0. The smallest absolute Gasteiger partial charge is 0.251 e. The van der Waals surface area contributed by atoms with Crippen molar-refractivity contribution >= 4 is 51.6 Å². The number of primary amides is 1. The molecule has 0 atom stereocenters. The number of carbonyl (C=O) groups excluding carboxylic acids is 2. The minimum absolute atomic E-state index is 0.104. The lowest BCUT2D eigenvalue weighted by atomic mass is 10.1. The Hall–Kier alpha value is -3.29. The van der Waals surface area contributed by atoms with Gasteiger partial charge in [-0.15, -0.1) is 11.3 Å². The summed E-state index contributed by atoms with van der Waals surface area (Å²) in [6.45, 7) is 1.87. The van der Waals surface area contributed by atoms with Gasteiger partial charge >= 0.3 is 0 Å². The van der Waals surface area contributed by atoms with E-state index in [1.807, 2.05) is 67.6 Å². The Bertz CT molecular complexity index is 1090. The molecular formula is C23H21N3O2S2. The summed E-state index contributed by atoms with van der Waals surface area (Å²) in [4.78, 5) is 25.2. The Balaban J connectivity index is 1.71. The fourth-order valence-corrected chi connectivity index (χ4v) is 4.44. The fraction of sp³-hybridized carbons (Fsp3) is 0.0870. The Morgan fingerprint density at radius 3 is 2.33 bits per heavy atom. The van der Waals surface area contributed by atoms with Crippen LogP contribution in [0.4, 0.5) is 5.00 Å². The summed E-state index contributed by atoms with van der Waals surface area (Å²) in [7, 11) is 0. The first kappa shape index (κ1) is 21.4. The van der Waals surface area contributed by atoms with E-state index in [0.717, 1.165) is 21.6 Å². The molecule has 30 heavy (non-hydrogen) atoms. The predicted octanol–water partition coefficient (Wildman–Crippen LogP) is 4.27. The molecule has 0 aliphatic rings. The molecule has 0 saturated heterocycles. The topological polar surface area (TPSA) is 84.2 Å². The molecule has 0 radical (unpaired) electrons. The number of amides is 2. The number of thiophene rings is 1. The molecule has 5 nitrogen and oxygen atoms in total. The first-order valence-corrected chi connectivity index (χ1v) is 10.5. The van der Waals surface area contributed by atoms with Crippen LogP contribution in [0, 0.1) is 6.92 Å². The Labute approximate surface area is 184 Å². The molecule has 4 N–H and O–H groups in total. The summed E-state index contributed by atoms with van der Waals surface area (Å²) in [6, 6.07) is 19.4. The average molecular weight is 436 g/mol. The highest BCUT2D eigenvalue weighted by Crippen LogP contribution is 2.34. The molecule has 1 heterocycles. The monoisotopic (exact) mass is 435 g/mol. The van der Waals surface area contributed by atoms with Gasteiger partial charge in [-0.05, 0) is 41.9 Å². The highest BCUT2D eigenvalue weighted by molar-refractivity contribution is 7.80. The van der Waals surface area contributed by atoms with Crippen molar-refractivity contribution in [1.29, 1.82) is 0 Å². The summed E-state index contributed by atoms with van der Waals surface area (Å²) >= 11 is 6.66. The number of thiocarbonyl (C=S) groups is 1. The van der Waals surface area contributed by atoms with Gasteiger partial charge in [0.15, 0.2) is 5.11 Å². The second-order valence-corrected chi connectivity index (χ2v) is 8.08. The van der Waals surface area contributed by atoms with Gasteiger partial charge in [-0.25, -0.2) is 0 Å². The van der Waals surface area contributed by atoms with Crippen molar-refractivity contribution in [3.63, 3.8) is 0 Å². The summed E-state index contributed by atoms with van der Waals surface area (Å²) in [6.07, 6.45) is 3.77. The lowest BCUT2D eigenvalue weighted by molar-refractivity contribution is -0.115. The number of rotatable bonds is 6. The van der Waals surface area contributed by atoms with Crippen LogP contribution >= 0.6 is 23.6 Å². The van der Waals surface area contributed by atoms with Crippen LogP contribution in [0.1, 0.15) is 31.9 Å². The minimum Gasteiger partial charge on any atom is -0.365 e. The van der Waals surface area contributed by atoms with Gasteiger partial charge < -0.3 is 11.1 Å². The van der Waals surface area contributed by atoms with Gasteiger partial charge in [0, 0.05) is 17.4 Å². The van der Waals surface area contributed by atoms with Gasteiger partial charge in [0.1, 0.15) is 5.00 Å². The van der Waals surface area contributed by atoms with E-state index in [2.05, 4.69) is 10.6 Å². The van der Waals surface area contributed by atoms with Crippen LogP contribution in [0.15, 0.2) is 66.7 Å². The van der Waals surface area contributed by atoms with Crippen molar-refractivity contribution in [2.75, 3.05) is 5.32 Å². The molecule has 0 saturated carbocycles. The van der Waals surface area contributed by atoms with Crippen LogP contribution in [0.25, 0.3) is 6.08 Å². The first-order valence-electron chi connectivity index (χ1n) is 9.25. The molecule has 0 unspecified atom stereocenters. The number of hydrogen-bond acceptors (Lipinski definition) is 4. The van der Waals surface area contributed by atoms with E-state index in [9.17, 15) is 9.59 Å². The first-order chi connectivity index (χ1) is 14.4. The second kappa shape index (κ2) is 9.96. The van der Waals surface area contributed by atoms with E-state index in [4.69, 9.17) is 18.0 Å². The molecular weight excluding hydrogens is 414 g/mol. The SMILES string of the molecule is Cc1c(Cc2ccccc2)sc(NC(=S)NC(=O)/C=C/c2ccccc2)c1C(N)=O. The van der Waals surface area contributed by atoms with E-state index in [-0.39, 0.29) is 11.0 Å². The van der Waals surface area contributed by atoms with Crippen LogP contribution in [0.2, 0.25) is 0 Å². The molecule has 0 bridgehead atoms. The second-order valence-electron chi connectivity index (χ2n) is 6.57. The molecule has 1 aromatic heterocycles. The third kappa shape index (κ3) is 5.62. The molecule has 0 fully saturated rings. The Kier molecular flexibility index (Phi) is 7.11. The predicted molar refractivity (Wildman–Crippen MR) is 127 cm³/mol. The van der Waals surface area contributed by atoms with Crippen LogP contribution in [-0.4, -0.2) is 16.9 Å². The molecule has 2 amide bonds. The lowest BCUT2D eigenvalue weighted by Crippen LogP contribution is -2.33. The van der Waals surface area contributed by atoms with Crippen molar-refractivity contribution in [3.05, 3.63) is 93.9 Å². The van der Waals surface area contributed by atoms with Crippen molar-refractivity contribution in [1.82, 2.24) is 5.32 Å². The van der Waals surface area contributed by atoms with Gasteiger partial charge in [0.2, 0.25) is 5.91 Å². The molecule has 0 spiro atoms. The fourth-order valence-electron chi connectivity index (χ4n) is 2.92. The number of anilines is 1. The van der Waals surface area contributed by atoms with Gasteiger partial charge in [-0.2, -0.15) is 0 Å². The zero-order valence-corrected chi connectivity index (χ0v) is 18.0. The minimum atomic E-state index is -0.538. The molecule has 7 heteroatoms. The van der Waals surface area contributed by atoms with Crippen LogP contribution in [0.3, 0.4) is 0 Å². The highest BCUT2D eigenvalue weighted by atomic mass is 32.1. The molecule has 152 valence electrons. The largest absolute Gasteiger partial charge is 0.365 e. The molecule has 3 aromatic rings. The molecule has 2 aromatic carbocycles. The normalized spacial score (nSPS) is 10.7. The maximum absolute atomic E-state index is 12.1. The third-order valence-electron chi connectivity index (χ3n) is 4.39. The van der Waals surface area contributed by atoms with E-state index in [0.29, 0.717) is 17.0 Å². The zero-order valence-electron chi connectivity index (χ0n) is 16.3. The Morgan fingerprint density at radius 2 is 1.70 bits per heavy atom. The van der Waals surface area contributed by atoms with E-state index >= 15 is 0 Å². The van der Waals surface area contributed by atoms with Crippen molar-refractivity contribution in [2.45, 2.75) is 13.3 Å². The maximum Gasteiger partial charge on any atom is 0.251 e. The third-order valence-corrected chi connectivity index (χ3v) is 5.80. The van der Waals surface area contributed by atoms with Gasteiger partial charge in [-0.1, -0.05) is 60.7 Å². The maximum atomic E-state index is 12.1. The van der Waals surface area contributed by atoms with Crippen LogP contribution in [0.5, 0.6) is 0 Å². The summed E-state index contributed by atoms with van der Waals surface area (Å²) in [5, 5.41) is 6.18. The van der Waals surface area contributed by atoms with Crippen molar-refractivity contribution in [2.24, 2.45) is 5.73 Å². The van der Waals surface area contributed by atoms with E-state index in [1.54, 1.807) is 6.08 Å². The summed E-state index contributed by atoms with van der Waals surface area (Å²) in [5.74, 6) is -0.904. The number of nitrogens with two attached hydrogens (primary N) is 1. The average Bonchev–Trinajstić information content (AvgIpc) is 3.02. The van der Waals surface area contributed by atoms with E-state index < -0.39 is 5.91 Å². The standard InChI is InChI=1S/C23H21N3O2S2/c1-15-18(14-17-10-6-3-7-11-17)30-22(20(15)21(24)28)26-23(29)25-19(27)13-12-16-8-4-2-5-9-16/h2-13H,14H2,1H3,(H2,24,28)(H2,25,26,27,29)/b13-12+. The van der Waals surface area contributed by atoms with Crippen LogP contribution < -0.4 is 16.4 Å². The van der Waals surface area contributed by atoms with Gasteiger partial charge in [-0.3, -0.25) is 14.9 Å². The van der Waals surface area contributed by atoms with Gasteiger partial charge in [0.05, 0.1) is 5.56 Å². The lowest BCUT2D eigenvalue weighted by Gasteiger charge is -2.07. The molecule has 3 rings (SSSR count). The Morgan fingerprint density at radius 1 is 1.07 bits per heavy atom. The van der Waals surface area contributed by atoms with Crippen LogP contribution in [-0.2, 0) is 11.2 Å². The highest BCUT2D eigenvalue weighted by Gasteiger charge is 2.20. The zero-order chi connectivity index (χ0) is 21.5.